The van der Waals surface area contributed by atoms with E-state index in [4.69, 9.17) is 9.15 Å². The van der Waals surface area contributed by atoms with Gasteiger partial charge in [0.25, 0.3) is 0 Å². The molecule has 0 unspecified atom stereocenters. The van der Waals surface area contributed by atoms with Gasteiger partial charge in [-0.3, -0.25) is 0 Å². The Labute approximate surface area is 124 Å². The quantitative estimate of drug-likeness (QED) is 0.792. The average molecular weight is 286 g/mol. The first-order valence-electron chi connectivity index (χ1n) is 7.77. The van der Waals surface area contributed by atoms with E-state index < -0.39 is 0 Å². The van der Waals surface area contributed by atoms with Crippen LogP contribution in [0.2, 0.25) is 0 Å². The number of fused-ring (bicyclic) bond motifs is 2. The van der Waals surface area contributed by atoms with Crippen LogP contribution in [-0.4, -0.2) is 5.60 Å². The van der Waals surface area contributed by atoms with Gasteiger partial charge in [0.15, 0.2) is 0 Å². The summed E-state index contributed by atoms with van der Waals surface area (Å²) >= 11 is 0. The number of hydrogen-bond donors (Lipinski definition) is 0. The summed E-state index contributed by atoms with van der Waals surface area (Å²) in [4.78, 5) is 11.8. The van der Waals surface area contributed by atoms with Crippen molar-refractivity contribution in [3.63, 3.8) is 0 Å². The lowest BCUT2D eigenvalue weighted by molar-refractivity contribution is 0.0848. The van der Waals surface area contributed by atoms with E-state index in [1.54, 1.807) is 6.07 Å². The Balaban J connectivity index is 2.13. The highest BCUT2D eigenvalue weighted by Gasteiger charge is 2.27. The maximum Gasteiger partial charge on any atom is 0.336 e. The van der Waals surface area contributed by atoms with E-state index in [0.717, 1.165) is 48.8 Å². The lowest BCUT2D eigenvalue weighted by Crippen LogP contribution is -2.32. The number of benzene rings is 1. The molecule has 21 heavy (non-hydrogen) atoms. The van der Waals surface area contributed by atoms with Crippen LogP contribution in [0.1, 0.15) is 51.2 Å². The molecule has 0 saturated carbocycles. The molecule has 1 aliphatic rings. The molecule has 0 aliphatic carbocycles. The zero-order valence-corrected chi connectivity index (χ0v) is 13.0. The van der Waals surface area contributed by atoms with Crippen molar-refractivity contribution < 1.29 is 9.15 Å². The molecule has 0 bridgehead atoms. The summed E-state index contributed by atoms with van der Waals surface area (Å²) in [6, 6.07) is 5.67. The largest absolute Gasteiger partial charge is 0.487 e. The topological polar surface area (TPSA) is 39.4 Å². The molecular weight excluding hydrogens is 264 g/mol. The molecule has 3 nitrogen and oxygen atoms in total. The molecule has 2 heterocycles. The Morgan fingerprint density at radius 3 is 2.81 bits per heavy atom. The molecule has 1 aliphatic heterocycles. The third kappa shape index (κ3) is 2.82. The zero-order chi connectivity index (χ0) is 15.0. The molecule has 0 radical (unpaired) electrons. The summed E-state index contributed by atoms with van der Waals surface area (Å²) in [6.07, 6.45) is 5.13. The fraction of sp³-hybridized carbons (Fsp3) is 0.500. The van der Waals surface area contributed by atoms with Crippen molar-refractivity contribution in [3.8, 4) is 5.75 Å². The predicted molar refractivity (Wildman–Crippen MR) is 84.1 cm³/mol. The SMILES string of the molecule is CCCCc1cc(=O)oc2cc3c(cc12)CCC(C)(C)O3. The molecule has 0 N–H and O–H groups in total. The third-order valence-corrected chi connectivity index (χ3v) is 4.19. The van der Waals surface area contributed by atoms with Gasteiger partial charge in [0, 0.05) is 17.5 Å². The van der Waals surface area contributed by atoms with Crippen molar-refractivity contribution in [3.05, 3.63) is 39.7 Å². The first-order valence-corrected chi connectivity index (χ1v) is 7.77. The highest BCUT2D eigenvalue weighted by Crippen LogP contribution is 2.36. The molecule has 0 amide bonds. The van der Waals surface area contributed by atoms with Crippen LogP contribution in [0.5, 0.6) is 5.75 Å². The van der Waals surface area contributed by atoms with Crippen LogP contribution in [-0.2, 0) is 12.8 Å². The predicted octanol–water partition coefficient (Wildman–Crippen LogP) is 4.24. The van der Waals surface area contributed by atoms with Gasteiger partial charge in [-0.15, -0.1) is 0 Å². The van der Waals surface area contributed by atoms with Gasteiger partial charge in [-0.25, -0.2) is 4.79 Å². The minimum Gasteiger partial charge on any atom is -0.487 e. The van der Waals surface area contributed by atoms with Crippen LogP contribution < -0.4 is 10.4 Å². The first kappa shape index (κ1) is 14.2. The van der Waals surface area contributed by atoms with Crippen LogP contribution in [0.4, 0.5) is 0 Å². The second kappa shape index (κ2) is 5.21. The fourth-order valence-corrected chi connectivity index (χ4v) is 2.95. The number of ether oxygens (including phenoxy) is 1. The van der Waals surface area contributed by atoms with Crippen molar-refractivity contribution in [2.45, 2.75) is 58.5 Å². The van der Waals surface area contributed by atoms with Crippen LogP contribution in [0.3, 0.4) is 0 Å². The normalized spacial score (nSPS) is 16.5. The Morgan fingerprint density at radius 1 is 1.24 bits per heavy atom. The zero-order valence-electron chi connectivity index (χ0n) is 13.0. The third-order valence-electron chi connectivity index (χ3n) is 4.19. The van der Waals surface area contributed by atoms with Crippen molar-refractivity contribution in [2.24, 2.45) is 0 Å². The summed E-state index contributed by atoms with van der Waals surface area (Å²) in [7, 11) is 0. The first-order chi connectivity index (χ1) is 9.98. The smallest absolute Gasteiger partial charge is 0.336 e. The maximum absolute atomic E-state index is 11.8. The van der Waals surface area contributed by atoms with Gasteiger partial charge in [-0.1, -0.05) is 13.3 Å². The second-order valence-corrected chi connectivity index (χ2v) is 6.51. The average Bonchev–Trinajstić information content (AvgIpc) is 2.41. The number of hydrogen-bond acceptors (Lipinski definition) is 3. The summed E-state index contributed by atoms with van der Waals surface area (Å²) in [5, 5.41) is 1.06. The lowest BCUT2D eigenvalue weighted by atomic mass is 9.92. The van der Waals surface area contributed by atoms with E-state index in [9.17, 15) is 4.79 Å². The molecule has 1 aromatic carbocycles. The Bertz CT molecular complexity index is 725. The van der Waals surface area contributed by atoms with Crippen molar-refractivity contribution in [2.75, 3.05) is 0 Å². The van der Waals surface area contributed by atoms with Crippen LogP contribution >= 0.6 is 0 Å². The van der Waals surface area contributed by atoms with E-state index in [2.05, 4.69) is 26.8 Å². The fourth-order valence-electron chi connectivity index (χ4n) is 2.95. The lowest BCUT2D eigenvalue weighted by Gasteiger charge is -2.32. The molecule has 0 saturated heterocycles. The minimum absolute atomic E-state index is 0.152. The molecule has 2 aromatic rings. The summed E-state index contributed by atoms with van der Waals surface area (Å²) in [6.45, 7) is 6.34. The van der Waals surface area contributed by atoms with Gasteiger partial charge in [0.2, 0.25) is 0 Å². The maximum atomic E-state index is 11.8. The van der Waals surface area contributed by atoms with Gasteiger partial charge >= 0.3 is 5.63 Å². The van der Waals surface area contributed by atoms with Crippen LogP contribution in [0, 0.1) is 0 Å². The Morgan fingerprint density at radius 2 is 2.05 bits per heavy atom. The molecule has 0 atom stereocenters. The van der Waals surface area contributed by atoms with Crippen LogP contribution in [0.25, 0.3) is 11.0 Å². The number of rotatable bonds is 3. The Hall–Kier alpha value is -1.77. The van der Waals surface area contributed by atoms with E-state index in [1.807, 2.05) is 6.07 Å². The van der Waals surface area contributed by atoms with Gasteiger partial charge in [0.1, 0.15) is 16.9 Å². The monoisotopic (exact) mass is 286 g/mol. The molecule has 3 heteroatoms. The highest BCUT2D eigenvalue weighted by atomic mass is 16.5. The van der Waals surface area contributed by atoms with E-state index >= 15 is 0 Å². The summed E-state index contributed by atoms with van der Waals surface area (Å²) in [5.74, 6) is 0.856. The van der Waals surface area contributed by atoms with Crippen molar-refractivity contribution in [1.29, 1.82) is 0 Å². The van der Waals surface area contributed by atoms with Crippen LogP contribution in [0.15, 0.2) is 27.4 Å². The Kier molecular flexibility index (Phi) is 3.52. The van der Waals surface area contributed by atoms with Gasteiger partial charge < -0.3 is 9.15 Å². The summed E-state index contributed by atoms with van der Waals surface area (Å²) in [5.41, 5.74) is 2.53. The van der Waals surface area contributed by atoms with Crippen molar-refractivity contribution >= 4 is 11.0 Å². The number of unbranched alkanes of at least 4 members (excludes halogenated alkanes) is 1. The standard InChI is InChI=1S/C18H22O3/c1-4-5-6-12-10-17(19)20-16-11-15-13(9-14(12)16)7-8-18(2,3)21-15/h9-11H,4-8H2,1-3H3. The van der Waals surface area contributed by atoms with Gasteiger partial charge in [-0.05, 0) is 56.7 Å². The van der Waals surface area contributed by atoms with Crippen molar-refractivity contribution in [1.82, 2.24) is 0 Å². The van der Waals surface area contributed by atoms with E-state index in [0.29, 0.717) is 5.58 Å². The molecule has 0 spiro atoms. The minimum atomic E-state index is -0.274. The molecule has 1 aromatic heterocycles. The summed E-state index contributed by atoms with van der Waals surface area (Å²) < 4.78 is 11.4. The van der Waals surface area contributed by atoms with E-state index in [-0.39, 0.29) is 11.2 Å². The van der Waals surface area contributed by atoms with Gasteiger partial charge in [0.05, 0.1) is 0 Å². The van der Waals surface area contributed by atoms with Gasteiger partial charge in [-0.2, -0.15) is 0 Å². The molecule has 112 valence electrons. The molecule has 3 rings (SSSR count). The van der Waals surface area contributed by atoms with E-state index in [1.165, 1.54) is 5.56 Å². The second-order valence-electron chi connectivity index (χ2n) is 6.51. The highest BCUT2D eigenvalue weighted by molar-refractivity contribution is 5.83. The molecular formula is C18H22O3. The number of aryl methyl sites for hydroxylation is 2. The molecule has 0 fully saturated rings.